The van der Waals surface area contributed by atoms with E-state index in [2.05, 4.69) is 5.32 Å². The van der Waals surface area contributed by atoms with Gasteiger partial charge < -0.3 is 15.3 Å². The molecule has 15 heavy (non-hydrogen) atoms. The van der Waals surface area contributed by atoms with Crippen LogP contribution < -0.4 is 5.32 Å². The fraction of sp³-hybridized carbons (Fsp3) is 0.909. The van der Waals surface area contributed by atoms with E-state index in [1.165, 1.54) is 0 Å². The Hall–Kier alpha value is -0.610. The van der Waals surface area contributed by atoms with Gasteiger partial charge in [0.15, 0.2) is 0 Å². The number of nitrogens with one attached hydrogen (secondary N) is 1. The molecular formula is C11H20N2O2. The lowest BCUT2D eigenvalue weighted by molar-refractivity contribution is -0.138. The fourth-order valence-corrected chi connectivity index (χ4v) is 2.46. The Labute approximate surface area is 90.6 Å². The lowest BCUT2D eigenvalue weighted by Crippen LogP contribution is -2.47. The van der Waals surface area contributed by atoms with Crippen LogP contribution in [-0.4, -0.2) is 48.2 Å². The maximum atomic E-state index is 12.1. The summed E-state index contributed by atoms with van der Waals surface area (Å²) in [6.45, 7) is 5.24. The largest absolute Gasteiger partial charge is 0.393 e. The van der Waals surface area contributed by atoms with Gasteiger partial charge in [-0.3, -0.25) is 4.79 Å². The van der Waals surface area contributed by atoms with Crippen molar-refractivity contribution < 1.29 is 9.90 Å². The average molecular weight is 212 g/mol. The minimum absolute atomic E-state index is 0.174. The van der Waals surface area contributed by atoms with Gasteiger partial charge in [0.2, 0.25) is 5.91 Å². The van der Waals surface area contributed by atoms with Gasteiger partial charge in [-0.15, -0.1) is 0 Å². The molecule has 0 unspecified atom stereocenters. The molecule has 0 radical (unpaired) electrons. The summed E-state index contributed by atoms with van der Waals surface area (Å²) in [5.74, 6) is 0.670. The molecular weight excluding hydrogens is 192 g/mol. The standard InChI is InChI=1S/C11H20N2O2/c1-8-7-13(5-3-10(8)14)11(15)9-2-4-12-6-9/h8-10,12,14H,2-7H2,1H3/t8-,9+,10+/m1/s1. The quantitative estimate of drug-likeness (QED) is 0.634. The van der Waals surface area contributed by atoms with E-state index in [4.69, 9.17) is 0 Å². The molecule has 0 aromatic carbocycles. The minimum atomic E-state index is -0.226. The number of hydrogen-bond acceptors (Lipinski definition) is 3. The van der Waals surface area contributed by atoms with Crippen molar-refractivity contribution >= 4 is 5.91 Å². The molecule has 2 rings (SSSR count). The van der Waals surface area contributed by atoms with E-state index < -0.39 is 0 Å². The number of nitrogens with zero attached hydrogens (tertiary/aromatic N) is 1. The smallest absolute Gasteiger partial charge is 0.227 e. The third kappa shape index (κ3) is 2.32. The third-order valence-electron chi connectivity index (χ3n) is 3.58. The lowest BCUT2D eigenvalue weighted by atomic mass is 9.95. The van der Waals surface area contributed by atoms with Gasteiger partial charge in [0.25, 0.3) is 0 Å². The van der Waals surface area contributed by atoms with Crippen molar-refractivity contribution in [1.82, 2.24) is 10.2 Å². The van der Waals surface area contributed by atoms with Crippen LogP contribution in [0.3, 0.4) is 0 Å². The van der Waals surface area contributed by atoms with Crippen LogP contribution in [0.5, 0.6) is 0 Å². The third-order valence-corrected chi connectivity index (χ3v) is 3.58. The van der Waals surface area contributed by atoms with Crippen molar-refractivity contribution in [2.24, 2.45) is 11.8 Å². The average Bonchev–Trinajstić information content (AvgIpc) is 2.74. The van der Waals surface area contributed by atoms with Crippen LogP contribution >= 0.6 is 0 Å². The number of carbonyl (C=O) groups is 1. The van der Waals surface area contributed by atoms with Gasteiger partial charge in [0.05, 0.1) is 12.0 Å². The predicted molar refractivity (Wildman–Crippen MR) is 57.3 cm³/mol. The van der Waals surface area contributed by atoms with E-state index in [1.807, 2.05) is 11.8 Å². The second-order valence-electron chi connectivity index (χ2n) is 4.81. The number of hydrogen-bond donors (Lipinski definition) is 2. The number of aliphatic hydroxyl groups is 1. The monoisotopic (exact) mass is 212 g/mol. The molecule has 2 aliphatic heterocycles. The second kappa shape index (κ2) is 4.49. The summed E-state index contributed by atoms with van der Waals surface area (Å²) in [6.07, 6.45) is 1.47. The number of carbonyl (C=O) groups excluding carboxylic acids is 1. The van der Waals surface area contributed by atoms with Gasteiger partial charge in [-0.2, -0.15) is 0 Å². The number of rotatable bonds is 1. The first-order valence-electron chi connectivity index (χ1n) is 5.86. The Balaban J connectivity index is 1.90. The Morgan fingerprint density at radius 2 is 2.27 bits per heavy atom. The van der Waals surface area contributed by atoms with Gasteiger partial charge in [0, 0.05) is 19.6 Å². The number of piperidine rings is 1. The number of aliphatic hydroxyl groups excluding tert-OH is 1. The van der Waals surface area contributed by atoms with Crippen LogP contribution in [0.4, 0.5) is 0 Å². The Kier molecular flexibility index (Phi) is 3.26. The summed E-state index contributed by atoms with van der Waals surface area (Å²) in [5.41, 5.74) is 0. The summed E-state index contributed by atoms with van der Waals surface area (Å²) >= 11 is 0. The van der Waals surface area contributed by atoms with Crippen LogP contribution in [-0.2, 0) is 4.79 Å². The molecule has 2 fully saturated rings. The molecule has 2 heterocycles. The number of likely N-dealkylation sites (tertiary alicyclic amines) is 1. The molecule has 0 aromatic heterocycles. The first kappa shape index (κ1) is 10.9. The first-order chi connectivity index (χ1) is 7.18. The Morgan fingerprint density at radius 1 is 1.47 bits per heavy atom. The molecule has 0 aliphatic carbocycles. The minimum Gasteiger partial charge on any atom is -0.393 e. The molecule has 2 aliphatic rings. The van der Waals surface area contributed by atoms with E-state index in [0.29, 0.717) is 0 Å². The molecule has 4 nitrogen and oxygen atoms in total. The zero-order valence-corrected chi connectivity index (χ0v) is 9.28. The molecule has 1 amide bonds. The maximum Gasteiger partial charge on any atom is 0.227 e. The van der Waals surface area contributed by atoms with E-state index in [0.717, 1.165) is 39.0 Å². The highest BCUT2D eigenvalue weighted by atomic mass is 16.3. The van der Waals surface area contributed by atoms with Crippen molar-refractivity contribution in [3.8, 4) is 0 Å². The van der Waals surface area contributed by atoms with Crippen molar-refractivity contribution in [3.05, 3.63) is 0 Å². The van der Waals surface area contributed by atoms with Crippen molar-refractivity contribution in [3.63, 3.8) is 0 Å². The molecule has 0 spiro atoms. The van der Waals surface area contributed by atoms with Crippen LogP contribution in [0.15, 0.2) is 0 Å². The summed E-state index contributed by atoms with van der Waals surface area (Å²) in [4.78, 5) is 14.0. The van der Waals surface area contributed by atoms with Crippen LogP contribution in [0.1, 0.15) is 19.8 Å². The van der Waals surface area contributed by atoms with Gasteiger partial charge in [-0.05, 0) is 25.3 Å². The van der Waals surface area contributed by atoms with Gasteiger partial charge in [-0.25, -0.2) is 0 Å². The molecule has 2 saturated heterocycles. The zero-order chi connectivity index (χ0) is 10.8. The van der Waals surface area contributed by atoms with Gasteiger partial charge in [0.1, 0.15) is 0 Å². The highest BCUT2D eigenvalue weighted by Crippen LogP contribution is 2.20. The summed E-state index contributed by atoms with van der Waals surface area (Å²) < 4.78 is 0. The van der Waals surface area contributed by atoms with E-state index in [-0.39, 0.29) is 23.8 Å². The van der Waals surface area contributed by atoms with Crippen LogP contribution in [0, 0.1) is 11.8 Å². The summed E-state index contributed by atoms with van der Waals surface area (Å²) in [6, 6.07) is 0. The van der Waals surface area contributed by atoms with Gasteiger partial charge >= 0.3 is 0 Å². The van der Waals surface area contributed by atoms with E-state index >= 15 is 0 Å². The molecule has 3 atom stereocenters. The molecule has 86 valence electrons. The summed E-state index contributed by atoms with van der Waals surface area (Å²) in [5, 5.41) is 12.8. The molecule has 2 N–H and O–H groups in total. The zero-order valence-electron chi connectivity index (χ0n) is 9.28. The molecule has 0 bridgehead atoms. The van der Waals surface area contributed by atoms with Crippen molar-refractivity contribution in [2.45, 2.75) is 25.9 Å². The fourth-order valence-electron chi connectivity index (χ4n) is 2.46. The number of amides is 1. The topological polar surface area (TPSA) is 52.6 Å². The van der Waals surface area contributed by atoms with Crippen molar-refractivity contribution in [1.29, 1.82) is 0 Å². The van der Waals surface area contributed by atoms with Crippen LogP contribution in [0.25, 0.3) is 0 Å². The van der Waals surface area contributed by atoms with E-state index in [9.17, 15) is 9.90 Å². The van der Waals surface area contributed by atoms with Crippen molar-refractivity contribution in [2.75, 3.05) is 26.2 Å². The van der Waals surface area contributed by atoms with E-state index in [1.54, 1.807) is 0 Å². The first-order valence-corrected chi connectivity index (χ1v) is 5.86. The highest BCUT2D eigenvalue weighted by Gasteiger charge is 2.32. The maximum absolute atomic E-state index is 12.1. The Bertz CT molecular complexity index is 239. The second-order valence-corrected chi connectivity index (χ2v) is 4.81. The van der Waals surface area contributed by atoms with Gasteiger partial charge in [-0.1, -0.05) is 6.92 Å². The summed E-state index contributed by atoms with van der Waals surface area (Å²) in [7, 11) is 0. The predicted octanol–water partition coefficient (Wildman–Crippen LogP) is -0.175. The van der Waals surface area contributed by atoms with Crippen LogP contribution in [0.2, 0.25) is 0 Å². The highest BCUT2D eigenvalue weighted by molar-refractivity contribution is 5.79. The molecule has 0 aromatic rings. The SMILES string of the molecule is C[C@@H]1CN(C(=O)[C@H]2CCNC2)CC[C@@H]1O. The Morgan fingerprint density at radius 3 is 2.87 bits per heavy atom. The normalized spacial score (nSPS) is 36.9. The lowest BCUT2D eigenvalue weighted by Gasteiger charge is -2.35. The molecule has 0 saturated carbocycles. The molecule has 4 heteroatoms.